The van der Waals surface area contributed by atoms with Gasteiger partial charge >= 0.3 is 0 Å². The molecule has 4 nitrogen and oxygen atoms in total. The van der Waals surface area contributed by atoms with E-state index in [-0.39, 0.29) is 11.8 Å². The van der Waals surface area contributed by atoms with E-state index in [1.807, 2.05) is 47.5 Å². The van der Waals surface area contributed by atoms with Crippen LogP contribution in [0.2, 0.25) is 5.02 Å². The molecular formula is C19H22ClN3O. The van der Waals surface area contributed by atoms with E-state index in [9.17, 15) is 4.79 Å². The summed E-state index contributed by atoms with van der Waals surface area (Å²) in [6.45, 7) is 3.41. The molecule has 1 aromatic heterocycles. The first kappa shape index (κ1) is 16.9. The van der Waals surface area contributed by atoms with Crippen molar-refractivity contribution in [2.75, 3.05) is 33.2 Å². The summed E-state index contributed by atoms with van der Waals surface area (Å²) in [7, 11) is 2.09. The van der Waals surface area contributed by atoms with Crippen molar-refractivity contribution in [2.45, 2.75) is 12.3 Å². The minimum Gasteiger partial charge on any atom is -0.340 e. The van der Waals surface area contributed by atoms with Crippen LogP contribution in [-0.4, -0.2) is 53.9 Å². The maximum atomic E-state index is 13.1. The summed E-state index contributed by atoms with van der Waals surface area (Å²) in [6, 6.07) is 11.5. The summed E-state index contributed by atoms with van der Waals surface area (Å²) >= 11 is 6.01. The number of carbonyl (C=O) groups excluding carboxylic acids is 1. The largest absolute Gasteiger partial charge is 0.340 e. The number of amides is 1. The Bertz CT molecular complexity index is 667. The van der Waals surface area contributed by atoms with Gasteiger partial charge in [0.15, 0.2) is 0 Å². The zero-order valence-electron chi connectivity index (χ0n) is 13.9. The van der Waals surface area contributed by atoms with Gasteiger partial charge in [0.1, 0.15) is 0 Å². The molecule has 0 bridgehead atoms. The number of aromatic nitrogens is 1. The van der Waals surface area contributed by atoms with Crippen molar-refractivity contribution in [2.24, 2.45) is 0 Å². The third-order valence-corrected chi connectivity index (χ3v) is 4.80. The van der Waals surface area contributed by atoms with Gasteiger partial charge in [-0.3, -0.25) is 9.78 Å². The first-order valence-electron chi connectivity index (χ1n) is 8.25. The van der Waals surface area contributed by atoms with Crippen molar-refractivity contribution in [3.63, 3.8) is 0 Å². The van der Waals surface area contributed by atoms with Gasteiger partial charge < -0.3 is 9.80 Å². The lowest BCUT2D eigenvalue weighted by molar-refractivity contribution is -0.134. The normalized spacial score (nSPS) is 16.8. The second kappa shape index (κ2) is 7.77. The van der Waals surface area contributed by atoms with Crippen LogP contribution >= 0.6 is 11.6 Å². The second-order valence-electron chi connectivity index (χ2n) is 6.30. The molecule has 24 heavy (non-hydrogen) atoms. The van der Waals surface area contributed by atoms with E-state index in [0.29, 0.717) is 11.4 Å². The Morgan fingerprint density at radius 1 is 1.17 bits per heavy atom. The Morgan fingerprint density at radius 2 is 1.88 bits per heavy atom. The van der Waals surface area contributed by atoms with Crippen molar-refractivity contribution in [3.8, 4) is 0 Å². The molecular weight excluding hydrogens is 322 g/mol. The highest BCUT2D eigenvalue weighted by Crippen LogP contribution is 2.25. The van der Waals surface area contributed by atoms with E-state index >= 15 is 0 Å². The number of likely N-dealkylation sites (N-methyl/N-ethyl adjacent to an activating group) is 1. The highest BCUT2D eigenvalue weighted by molar-refractivity contribution is 6.30. The Labute approximate surface area is 148 Å². The van der Waals surface area contributed by atoms with E-state index in [1.165, 1.54) is 0 Å². The van der Waals surface area contributed by atoms with Gasteiger partial charge in [-0.25, -0.2) is 0 Å². The molecule has 1 atom stereocenters. The standard InChI is InChI=1S/C19H22ClN3O/c1-22-9-11-23(12-10-22)19(24)18(13-15-3-2-8-21-14-15)16-4-6-17(20)7-5-16/h2-8,14,18H,9-13H2,1H3. The smallest absolute Gasteiger partial charge is 0.230 e. The number of benzene rings is 1. The molecule has 0 spiro atoms. The van der Waals surface area contributed by atoms with Gasteiger partial charge in [-0.2, -0.15) is 0 Å². The van der Waals surface area contributed by atoms with Gasteiger partial charge in [0.05, 0.1) is 5.92 Å². The molecule has 1 amide bonds. The highest BCUT2D eigenvalue weighted by atomic mass is 35.5. The van der Waals surface area contributed by atoms with Crippen LogP contribution in [0.25, 0.3) is 0 Å². The van der Waals surface area contributed by atoms with Crippen LogP contribution in [-0.2, 0) is 11.2 Å². The van der Waals surface area contributed by atoms with Crippen LogP contribution in [0.15, 0.2) is 48.8 Å². The summed E-state index contributed by atoms with van der Waals surface area (Å²) in [6.07, 6.45) is 4.24. The number of hydrogen-bond acceptors (Lipinski definition) is 3. The van der Waals surface area contributed by atoms with E-state index in [2.05, 4.69) is 16.9 Å². The summed E-state index contributed by atoms with van der Waals surface area (Å²) in [5.74, 6) is -0.0100. The molecule has 1 aliphatic rings. The monoisotopic (exact) mass is 343 g/mol. The fraction of sp³-hybridized carbons (Fsp3) is 0.368. The Hall–Kier alpha value is -1.91. The van der Waals surface area contributed by atoms with Crippen LogP contribution in [0.5, 0.6) is 0 Å². The number of pyridine rings is 1. The zero-order chi connectivity index (χ0) is 16.9. The number of piperazine rings is 1. The number of hydrogen-bond donors (Lipinski definition) is 0. The predicted molar refractivity (Wildman–Crippen MR) is 96.2 cm³/mol. The molecule has 3 rings (SSSR count). The molecule has 1 aromatic carbocycles. The number of rotatable bonds is 4. The van der Waals surface area contributed by atoms with Gasteiger partial charge in [0.2, 0.25) is 5.91 Å². The first-order valence-corrected chi connectivity index (χ1v) is 8.63. The van der Waals surface area contributed by atoms with Gasteiger partial charge in [0.25, 0.3) is 0 Å². The van der Waals surface area contributed by atoms with Crippen LogP contribution in [0.3, 0.4) is 0 Å². The summed E-state index contributed by atoms with van der Waals surface area (Å²) < 4.78 is 0. The van der Waals surface area contributed by atoms with Crippen LogP contribution in [0.4, 0.5) is 0 Å². The Kier molecular flexibility index (Phi) is 5.48. The lowest BCUT2D eigenvalue weighted by Gasteiger charge is -2.34. The predicted octanol–water partition coefficient (Wildman–Crippen LogP) is 2.84. The molecule has 5 heteroatoms. The van der Waals surface area contributed by atoms with Gasteiger partial charge in [-0.05, 0) is 42.8 Å². The SMILES string of the molecule is CN1CCN(C(=O)C(Cc2cccnc2)c2ccc(Cl)cc2)CC1. The topological polar surface area (TPSA) is 36.4 Å². The molecule has 1 fully saturated rings. The fourth-order valence-electron chi connectivity index (χ4n) is 3.04. The van der Waals surface area contributed by atoms with E-state index in [1.54, 1.807) is 6.20 Å². The number of carbonyl (C=O) groups is 1. The molecule has 0 N–H and O–H groups in total. The lowest BCUT2D eigenvalue weighted by atomic mass is 9.91. The van der Waals surface area contributed by atoms with Crippen LogP contribution < -0.4 is 0 Å². The third-order valence-electron chi connectivity index (χ3n) is 4.55. The lowest BCUT2D eigenvalue weighted by Crippen LogP contribution is -2.48. The van der Waals surface area contributed by atoms with E-state index in [0.717, 1.165) is 37.3 Å². The van der Waals surface area contributed by atoms with Gasteiger partial charge in [-0.15, -0.1) is 0 Å². The molecule has 1 unspecified atom stereocenters. The van der Waals surface area contributed by atoms with Crippen molar-refractivity contribution in [1.29, 1.82) is 0 Å². The molecule has 0 aliphatic carbocycles. The van der Waals surface area contributed by atoms with Gasteiger partial charge in [0, 0.05) is 43.6 Å². The maximum absolute atomic E-state index is 13.1. The van der Waals surface area contributed by atoms with Crippen molar-refractivity contribution in [3.05, 3.63) is 64.9 Å². The molecule has 126 valence electrons. The Morgan fingerprint density at radius 3 is 2.50 bits per heavy atom. The zero-order valence-corrected chi connectivity index (χ0v) is 14.6. The molecule has 0 saturated carbocycles. The van der Waals surface area contributed by atoms with E-state index < -0.39 is 0 Å². The Balaban J connectivity index is 1.83. The quantitative estimate of drug-likeness (QED) is 0.856. The summed E-state index contributed by atoms with van der Waals surface area (Å²) in [4.78, 5) is 21.6. The van der Waals surface area contributed by atoms with Crippen molar-refractivity contribution < 1.29 is 4.79 Å². The van der Waals surface area contributed by atoms with Gasteiger partial charge in [-0.1, -0.05) is 29.8 Å². The molecule has 2 heterocycles. The van der Waals surface area contributed by atoms with Crippen molar-refractivity contribution in [1.82, 2.24) is 14.8 Å². The second-order valence-corrected chi connectivity index (χ2v) is 6.73. The molecule has 2 aromatic rings. The minimum absolute atomic E-state index is 0.189. The average Bonchev–Trinajstić information content (AvgIpc) is 2.62. The molecule has 1 aliphatic heterocycles. The minimum atomic E-state index is -0.199. The summed E-state index contributed by atoms with van der Waals surface area (Å²) in [5.41, 5.74) is 2.08. The third kappa shape index (κ3) is 4.13. The molecule has 1 saturated heterocycles. The fourth-order valence-corrected chi connectivity index (χ4v) is 3.17. The van der Waals surface area contributed by atoms with Crippen LogP contribution in [0, 0.1) is 0 Å². The number of halogens is 1. The highest BCUT2D eigenvalue weighted by Gasteiger charge is 2.28. The maximum Gasteiger partial charge on any atom is 0.230 e. The van der Waals surface area contributed by atoms with E-state index in [4.69, 9.17) is 11.6 Å². The van der Waals surface area contributed by atoms with Crippen molar-refractivity contribution >= 4 is 17.5 Å². The molecule has 0 radical (unpaired) electrons. The van der Waals surface area contributed by atoms with Crippen LogP contribution in [0.1, 0.15) is 17.0 Å². The summed E-state index contributed by atoms with van der Waals surface area (Å²) in [5, 5.41) is 0.686. The average molecular weight is 344 g/mol. The first-order chi connectivity index (χ1) is 11.6. The number of nitrogens with zero attached hydrogens (tertiary/aromatic N) is 3.